The van der Waals surface area contributed by atoms with Crippen LogP contribution < -0.4 is 5.32 Å². The highest BCUT2D eigenvalue weighted by atomic mass is 35.5. The van der Waals surface area contributed by atoms with Gasteiger partial charge in [0.2, 0.25) is 0 Å². The van der Waals surface area contributed by atoms with Gasteiger partial charge in [0.1, 0.15) is 4.88 Å². The van der Waals surface area contributed by atoms with Crippen LogP contribution in [-0.2, 0) is 0 Å². The molecule has 5 heteroatoms. The van der Waals surface area contributed by atoms with Gasteiger partial charge in [-0.3, -0.25) is 4.79 Å². The quantitative estimate of drug-likeness (QED) is 0.838. The molecule has 2 rings (SSSR count). The van der Waals surface area contributed by atoms with Gasteiger partial charge in [-0.15, -0.1) is 11.3 Å². The number of carbonyl (C=O) groups excluding carboxylic acids is 1. The fourth-order valence-corrected chi connectivity index (χ4v) is 3.19. The summed E-state index contributed by atoms with van der Waals surface area (Å²) in [6.45, 7) is 5.67. The first-order chi connectivity index (χ1) is 7.58. The number of piperazine rings is 1. The van der Waals surface area contributed by atoms with Crippen LogP contribution in [-0.4, -0.2) is 36.0 Å². The van der Waals surface area contributed by atoms with Crippen molar-refractivity contribution in [1.29, 1.82) is 0 Å². The van der Waals surface area contributed by atoms with Crippen molar-refractivity contribution in [3.05, 3.63) is 21.3 Å². The second-order valence-electron chi connectivity index (χ2n) is 4.28. The van der Waals surface area contributed by atoms with Crippen molar-refractivity contribution in [1.82, 2.24) is 10.2 Å². The number of amides is 1. The minimum Gasteiger partial charge on any atom is -0.335 e. The topological polar surface area (TPSA) is 32.3 Å². The number of carbonyl (C=O) groups is 1. The van der Waals surface area contributed by atoms with E-state index in [2.05, 4.69) is 19.2 Å². The average molecular weight is 259 g/mol. The fourth-order valence-electron chi connectivity index (χ4n) is 2.08. The van der Waals surface area contributed by atoms with Crippen LogP contribution >= 0.6 is 22.9 Å². The lowest BCUT2D eigenvalue weighted by atomic mass is 10.1. The molecule has 1 N–H and O–H groups in total. The zero-order chi connectivity index (χ0) is 11.7. The summed E-state index contributed by atoms with van der Waals surface area (Å²) in [4.78, 5) is 14.7. The zero-order valence-corrected chi connectivity index (χ0v) is 10.9. The van der Waals surface area contributed by atoms with Gasteiger partial charge in [0.25, 0.3) is 5.91 Å². The van der Waals surface area contributed by atoms with Crippen LogP contribution in [0.15, 0.2) is 11.4 Å². The van der Waals surface area contributed by atoms with E-state index in [4.69, 9.17) is 11.6 Å². The van der Waals surface area contributed by atoms with Crippen molar-refractivity contribution in [3.63, 3.8) is 0 Å². The molecule has 0 radical (unpaired) electrons. The van der Waals surface area contributed by atoms with E-state index in [1.165, 1.54) is 11.3 Å². The van der Waals surface area contributed by atoms with Crippen molar-refractivity contribution >= 4 is 28.8 Å². The molecule has 0 spiro atoms. The van der Waals surface area contributed by atoms with Crippen molar-refractivity contribution < 1.29 is 4.79 Å². The molecule has 16 heavy (non-hydrogen) atoms. The minimum atomic E-state index is 0.0557. The number of nitrogens with one attached hydrogen (secondary N) is 1. The number of rotatable bonds is 1. The largest absolute Gasteiger partial charge is 0.335 e. The molecule has 1 fully saturated rings. The van der Waals surface area contributed by atoms with Gasteiger partial charge in [-0.1, -0.05) is 11.6 Å². The number of thiophene rings is 1. The third-order valence-electron chi connectivity index (χ3n) is 2.66. The van der Waals surface area contributed by atoms with Crippen LogP contribution in [0.4, 0.5) is 0 Å². The second kappa shape index (κ2) is 4.73. The molecule has 2 atom stereocenters. The number of halogens is 1. The van der Waals surface area contributed by atoms with Gasteiger partial charge in [0, 0.05) is 25.2 Å². The lowest BCUT2D eigenvalue weighted by Gasteiger charge is -2.36. The first-order valence-corrected chi connectivity index (χ1v) is 6.62. The molecule has 0 aliphatic carbocycles. The standard InChI is InChI=1S/C11H15ClN2OS/c1-7-5-14(6-8(2)13-7)11(15)10-9(12)3-4-16-10/h3-4,7-8,13H,5-6H2,1-2H3. The lowest BCUT2D eigenvalue weighted by molar-refractivity contribution is 0.0679. The van der Waals surface area contributed by atoms with Gasteiger partial charge in [-0.05, 0) is 25.3 Å². The summed E-state index contributed by atoms with van der Waals surface area (Å²) < 4.78 is 0. The molecule has 1 saturated heterocycles. The van der Waals surface area contributed by atoms with E-state index in [1.54, 1.807) is 6.07 Å². The summed E-state index contributed by atoms with van der Waals surface area (Å²) in [6, 6.07) is 2.45. The summed E-state index contributed by atoms with van der Waals surface area (Å²) in [5.74, 6) is 0.0557. The molecule has 1 amide bonds. The first-order valence-electron chi connectivity index (χ1n) is 5.36. The van der Waals surface area contributed by atoms with Crippen LogP contribution in [0, 0.1) is 0 Å². The van der Waals surface area contributed by atoms with Crippen molar-refractivity contribution in [2.24, 2.45) is 0 Å². The van der Waals surface area contributed by atoms with E-state index in [0.717, 1.165) is 13.1 Å². The summed E-state index contributed by atoms with van der Waals surface area (Å²) in [5.41, 5.74) is 0. The highest BCUT2D eigenvalue weighted by molar-refractivity contribution is 7.12. The van der Waals surface area contributed by atoms with Gasteiger partial charge in [0.05, 0.1) is 5.02 Å². The molecule has 0 aromatic carbocycles. The maximum Gasteiger partial charge on any atom is 0.265 e. The predicted octanol–water partition coefficient (Wildman–Crippen LogP) is 2.22. The molecule has 1 aliphatic heterocycles. The Morgan fingerprint density at radius 1 is 1.50 bits per heavy atom. The third kappa shape index (κ3) is 2.39. The van der Waals surface area contributed by atoms with E-state index in [0.29, 0.717) is 22.0 Å². The minimum absolute atomic E-state index is 0.0557. The van der Waals surface area contributed by atoms with Crippen molar-refractivity contribution in [2.45, 2.75) is 25.9 Å². The van der Waals surface area contributed by atoms with Crippen LogP contribution in [0.25, 0.3) is 0 Å². The normalized spacial score (nSPS) is 25.8. The SMILES string of the molecule is CC1CN(C(=O)c2sccc2Cl)CC(C)N1. The van der Waals surface area contributed by atoms with Crippen LogP contribution in [0.2, 0.25) is 5.02 Å². The van der Waals surface area contributed by atoms with Gasteiger partial charge in [0.15, 0.2) is 0 Å². The molecular weight excluding hydrogens is 244 g/mol. The van der Waals surface area contributed by atoms with E-state index in [-0.39, 0.29) is 5.91 Å². The summed E-state index contributed by atoms with van der Waals surface area (Å²) in [7, 11) is 0. The van der Waals surface area contributed by atoms with Gasteiger partial charge < -0.3 is 10.2 Å². The van der Waals surface area contributed by atoms with Crippen LogP contribution in [0.3, 0.4) is 0 Å². The average Bonchev–Trinajstić information content (AvgIpc) is 2.62. The molecular formula is C11H15ClN2OS. The van der Waals surface area contributed by atoms with Crippen LogP contribution in [0.1, 0.15) is 23.5 Å². The Kier molecular flexibility index (Phi) is 3.52. The number of nitrogens with zero attached hydrogens (tertiary/aromatic N) is 1. The van der Waals surface area contributed by atoms with E-state index in [9.17, 15) is 4.79 Å². The highest BCUT2D eigenvalue weighted by Gasteiger charge is 2.27. The van der Waals surface area contributed by atoms with Crippen molar-refractivity contribution in [3.8, 4) is 0 Å². The Hall–Kier alpha value is -0.580. The summed E-state index contributed by atoms with van der Waals surface area (Å²) >= 11 is 7.38. The second-order valence-corrected chi connectivity index (χ2v) is 5.60. The van der Waals surface area contributed by atoms with E-state index < -0.39 is 0 Å². The van der Waals surface area contributed by atoms with Crippen molar-refractivity contribution in [2.75, 3.05) is 13.1 Å². The molecule has 2 heterocycles. The maximum absolute atomic E-state index is 12.2. The Morgan fingerprint density at radius 2 is 2.12 bits per heavy atom. The maximum atomic E-state index is 12.2. The molecule has 3 nitrogen and oxygen atoms in total. The molecule has 2 unspecified atom stereocenters. The van der Waals surface area contributed by atoms with E-state index in [1.807, 2.05) is 10.3 Å². The summed E-state index contributed by atoms with van der Waals surface area (Å²) in [5, 5.41) is 5.82. The summed E-state index contributed by atoms with van der Waals surface area (Å²) in [6.07, 6.45) is 0. The third-order valence-corrected chi connectivity index (χ3v) is 3.99. The molecule has 88 valence electrons. The van der Waals surface area contributed by atoms with Crippen LogP contribution in [0.5, 0.6) is 0 Å². The smallest absolute Gasteiger partial charge is 0.265 e. The Morgan fingerprint density at radius 3 is 2.62 bits per heavy atom. The number of hydrogen-bond acceptors (Lipinski definition) is 3. The molecule has 1 aromatic heterocycles. The monoisotopic (exact) mass is 258 g/mol. The van der Waals surface area contributed by atoms with Gasteiger partial charge >= 0.3 is 0 Å². The highest BCUT2D eigenvalue weighted by Crippen LogP contribution is 2.24. The Bertz CT molecular complexity index is 383. The molecule has 1 aliphatic rings. The predicted molar refractivity (Wildman–Crippen MR) is 67.3 cm³/mol. The Labute approximate surface area is 104 Å². The fraction of sp³-hybridized carbons (Fsp3) is 0.545. The molecule has 1 aromatic rings. The number of hydrogen-bond donors (Lipinski definition) is 1. The lowest BCUT2D eigenvalue weighted by Crippen LogP contribution is -2.55. The molecule has 0 bridgehead atoms. The van der Waals surface area contributed by atoms with E-state index >= 15 is 0 Å². The van der Waals surface area contributed by atoms with Gasteiger partial charge in [-0.25, -0.2) is 0 Å². The van der Waals surface area contributed by atoms with Gasteiger partial charge in [-0.2, -0.15) is 0 Å². The zero-order valence-electron chi connectivity index (χ0n) is 9.37. The molecule has 0 saturated carbocycles. The Balaban J connectivity index is 2.13. The first kappa shape index (κ1) is 11.9.